The van der Waals surface area contributed by atoms with E-state index in [0.717, 1.165) is 0 Å². The standard InChI is InChI=1S/C14H19ClN2O8S3Si/c1-26(19,20)29(27(2,21)22,28(3,23)24)7-6-25-10-17-13-5-4-11(15)8-12(13)16-14(17)9-18/h4-5,8-9H,6-7,10H2,1-3H3. The number of fused-ring (bicyclic) bond motifs is 1. The second-order valence-corrected chi connectivity index (χ2v) is 28.6. The molecule has 0 aliphatic rings. The molecule has 1 aromatic carbocycles. The van der Waals surface area contributed by atoms with Crippen molar-refractivity contribution in [2.24, 2.45) is 0 Å². The largest absolute Gasteiger partial charge is 0.454 e. The van der Waals surface area contributed by atoms with E-state index in [1.807, 2.05) is 0 Å². The maximum atomic E-state index is 12.3. The first-order valence-corrected chi connectivity index (χ1v) is 18.4. The van der Waals surface area contributed by atoms with Crippen molar-refractivity contribution in [2.75, 3.05) is 25.4 Å². The van der Waals surface area contributed by atoms with Gasteiger partial charge in [-0.3, -0.25) is 9.36 Å². The predicted octanol–water partition coefficient (Wildman–Crippen LogP) is 0.549. The van der Waals surface area contributed by atoms with E-state index in [0.29, 0.717) is 41.1 Å². The fourth-order valence-corrected chi connectivity index (χ4v) is 30.3. The SMILES string of the molecule is CS(=O)(=O)[Si](CCOCn1c(C=O)nc2cc(Cl)ccc21)(S(C)(=O)=O)S(C)(=O)=O. The number of benzene rings is 1. The molecule has 15 heteroatoms. The fraction of sp³-hybridized carbons (Fsp3) is 0.429. The molecule has 0 saturated heterocycles. The molecule has 0 fully saturated rings. The molecule has 0 N–H and O–H groups in total. The van der Waals surface area contributed by atoms with Crippen LogP contribution in [0.15, 0.2) is 18.2 Å². The highest BCUT2D eigenvalue weighted by molar-refractivity contribution is 8.73. The first-order valence-electron chi connectivity index (χ1n) is 7.93. The summed E-state index contributed by atoms with van der Waals surface area (Å²) in [6.07, 6.45) is 2.32. The van der Waals surface area contributed by atoms with E-state index in [2.05, 4.69) is 4.98 Å². The molecule has 10 nitrogen and oxygen atoms in total. The lowest BCUT2D eigenvalue weighted by atomic mass is 10.3. The maximum absolute atomic E-state index is 12.3. The summed E-state index contributed by atoms with van der Waals surface area (Å²) in [7, 11) is -13.3. The van der Waals surface area contributed by atoms with Gasteiger partial charge in [0.2, 0.25) is 0 Å². The Balaban J connectivity index is 2.33. The van der Waals surface area contributed by atoms with Crippen molar-refractivity contribution < 1.29 is 34.8 Å². The molecule has 0 saturated carbocycles. The van der Waals surface area contributed by atoms with Gasteiger partial charge < -0.3 is 4.74 Å². The zero-order valence-corrected chi connectivity index (χ0v) is 19.9. The van der Waals surface area contributed by atoms with Crippen molar-refractivity contribution in [1.82, 2.24) is 9.55 Å². The topological polar surface area (TPSA) is 147 Å². The van der Waals surface area contributed by atoms with E-state index in [9.17, 15) is 30.0 Å². The second-order valence-electron chi connectivity index (χ2n) is 6.44. The minimum atomic E-state index is -4.93. The van der Waals surface area contributed by atoms with Gasteiger partial charge in [0.05, 0.1) is 11.0 Å². The number of aldehydes is 1. The lowest BCUT2D eigenvalue weighted by Gasteiger charge is -2.24. The first kappa shape index (κ1) is 24.0. The summed E-state index contributed by atoms with van der Waals surface area (Å²) in [5, 5.41) is 0.408. The molecule has 0 unspecified atom stereocenters. The van der Waals surface area contributed by atoms with E-state index < -0.39 is 46.0 Å². The Kier molecular flexibility index (Phi) is 6.67. The van der Waals surface area contributed by atoms with Crippen LogP contribution >= 0.6 is 11.6 Å². The Morgan fingerprint density at radius 3 is 2.10 bits per heavy atom. The number of halogens is 1. The number of imidazole rings is 1. The number of nitrogens with zero attached hydrogens (tertiary/aromatic N) is 2. The molecule has 2 rings (SSSR count). The van der Waals surface area contributed by atoms with Crippen LogP contribution in [0.3, 0.4) is 0 Å². The molecule has 1 heterocycles. The monoisotopic (exact) mass is 502 g/mol. The summed E-state index contributed by atoms with van der Waals surface area (Å²) in [5.74, 6) is 0.0140. The molecule has 29 heavy (non-hydrogen) atoms. The molecule has 0 bridgehead atoms. The number of rotatable bonds is 9. The van der Waals surface area contributed by atoms with Crippen LogP contribution in [0.25, 0.3) is 11.0 Å². The van der Waals surface area contributed by atoms with Crippen LogP contribution in [0.5, 0.6) is 0 Å². The van der Waals surface area contributed by atoms with Gasteiger partial charge in [-0.05, 0) is 18.2 Å². The Morgan fingerprint density at radius 1 is 1.07 bits per heavy atom. The summed E-state index contributed by atoms with van der Waals surface area (Å²) >= 11 is 5.89. The van der Waals surface area contributed by atoms with Gasteiger partial charge in [-0.1, -0.05) is 11.6 Å². The van der Waals surface area contributed by atoms with Crippen LogP contribution in [0.1, 0.15) is 10.6 Å². The van der Waals surface area contributed by atoms with E-state index in [-0.39, 0.29) is 12.6 Å². The normalized spacial score (nSPS) is 13.7. The molecule has 0 spiro atoms. The van der Waals surface area contributed by atoms with Crippen LogP contribution in [-0.4, -0.2) is 72.0 Å². The van der Waals surface area contributed by atoms with Crippen molar-refractivity contribution in [3.05, 3.63) is 29.0 Å². The third-order valence-corrected chi connectivity index (χ3v) is 37.1. The van der Waals surface area contributed by atoms with Crippen LogP contribution in [0, 0.1) is 0 Å². The number of hydrogen-bond donors (Lipinski definition) is 0. The first-order chi connectivity index (χ1) is 13.2. The molecular formula is C14H19ClN2O8S3Si. The summed E-state index contributed by atoms with van der Waals surface area (Å²) in [5.41, 5.74) is -3.99. The molecule has 2 aromatic rings. The maximum Gasteiger partial charge on any atom is 0.454 e. The van der Waals surface area contributed by atoms with Crippen molar-refractivity contribution in [3.8, 4) is 0 Å². The zero-order chi connectivity index (χ0) is 22.3. The highest BCUT2D eigenvalue weighted by atomic mass is 35.5. The summed E-state index contributed by atoms with van der Waals surface area (Å²) in [6.45, 7) is -0.737. The number of carbonyl (C=O) groups is 1. The molecule has 1 aromatic heterocycles. The molecule has 0 aliphatic heterocycles. The molecule has 0 amide bonds. The van der Waals surface area contributed by atoms with E-state index in [4.69, 9.17) is 16.3 Å². The summed E-state index contributed by atoms with van der Waals surface area (Å²) in [6, 6.07) is 4.02. The van der Waals surface area contributed by atoms with Crippen LogP contribution in [0.4, 0.5) is 0 Å². The van der Waals surface area contributed by atoms with E-state index in [1.165, 1.54) is 10.6 Å². The van der Waals surface area contributed by atoms with E-state index in [1.54, 1.807) is 12.1 Å². The van der Waals surface area contributed by atoms with Crippen LogP contribution < -0.4 is 0 Å². The van der Waals surface area contributed by atoms with Crippen molar-refractivity contribution in [3.63, 3.8) is 0 Å². The molecule has 0 aliphatic carbocycles. The van der Waals surface area contributed by atoms with Gasteiger partial charge in [-0.25, -0.2) is 30.2 Å². The van der Waals surface area contributed by atoms with Crippen molar-refractivity contribution in [2.45, 2.75) is 12.8 Å². The molecule has 0 atom stereocenters. The fourth-order valence-electron chi connectivity index (χ4n) is 3.08. The van der Waals surface area contributed by atoms with Crippen LogP contribution in [0.2, 0.25) is 11.1 Å². The Bertz CT molecular complexity index is 1190. The van der Waals surface area contributed by atoms with Gasteiger partial charge in [0.1, 0.15) is 6.73 Å². The third kappa shape index (κ3) is 4.41. The van der Waals surface area contributed by atoms with Gasteiger partial charge >= 0.3 is 5.52 Å². The number of hydrogen-bond acceptors (Lipinski definition) is 9. The smallest absolute Gasteiger partial charge is 0.361 e. The van der Waals surface area contributed by atoms with Gasteiger partial charge in [0.15, 0.2) is 40.0 Å². The predicted molar refractivity (Wildman–Crippen MR) is 111 cm³/mol. The Morgan fingerprint density at radius 2 is 1.62 bits per heavy atom. The third-order valence-electron chi connectivity index (χ3n) is 4.31. The lowest BCUT2D eigenvalue weighted by Crippen LogP contribution is -2.58. The molecule has 0 radical (unpaired) electrons. The highest BCUT2D eigenvalue weighted by Crippen LogP contribution is 2.29. The average molecular weight is 503 g/mol. The quantitative estimate of drug-likeness (QED) is 0.272. The van der Waals surface area contributed by atoms with Gasteiger partial charge in [-0.15, -0.1) is 0 Å². The highest BCUT2D eigenvalue weighted by Gasteiger charge is 2.64. The second kappa shape index (κ2) is 8.07. The molecule has 162 valence electrons. The lowest BCUT2D eigenvalue weighted by molar-refractivity contribution is 0.0861. The Labute approximate surface area is 173 Å². The average Bonchev–Trinajstić information content (AvgIpc) is 2.87. The van der Waals surface area contributed by atoms with Crippen molar-refractivity contribution in [1.29, 1.82) is 0 Å². The summed E-state index contributed by atoms with van der Waals surface area (Å²) in [4.78, 5) is 15.4. The van der Waals surface area contributed by atoms with Crippen molar-refractivity contribution >= 4 is 62.3 Å². The minimum Gasteiger partial charge on any atom is -0.361 e. The number of aromatic nitrogens is 2. The van der Waals surface area contributed by atoms with E-state index >= 15 is 0 Å². The molecular weight excluding hydrogens is 484 g/mol. The minimum absolute atomic E-state index is 0.0140. The van der Waals surface area contributed by atoms with Gasteiger partial charge in [0, 0.05) is 36.4 Å². The number of carbonyl (C=O) groups excluding carboxylic acids is 1. The summed E-state index contributed by atoms with van der Waals surface area (Å²) < 4.78 is 80.3. The number of ether oxygens (including phenoxy) is 1. The van der Waals surface area contributed by atoms with Gasteiger partial charge in [-0.2, -0.15) is 0 Å². The van der Waals surface area contributed by atoms with Crippen LogP contribution in [-0.2, 0) is 39.3 Å². The van der Waals surface area contributed by atoms with Gasteiger partial charge in [0.25, 0.3) is 0 Å². The Hall–Kier alpha value is -1.32. The zero-order valence-electron chi connectivity index (χ0n) is 15.7.